The first-order valence-corrected chi connectivity index (χ1v) is 13.4. The van der Waals surface area contributed by atoms with Crippen molar-refractivity contribution in [1.82, 2.24) is 9.13 Å². The fraction of sp³-hybridized carbons (Fsp3) is 0.400. The van der Waals surface area contributed by atoms with Crippen LogP contribution < -0.4 is 10.9 Å². The normalized spacial score (nSPS) is 14.2. The highest BCUT2D eigenvalue weighted by Crippen LogP contribution is 2.37. The maximum Gasteiger partial charge on any atom is 0.416 e. The van der Waals surface area contributed by atoms with Gasteiger partial charge in [0.05, 0.1) is 22.1 Å². The monoisotopic (exact) mass is 562 g/mol. The van der Waals surface area contributed by atoms with Gasteiger partial charge in [0.15, 0.2) is 10.9 Å². The lowest BCUT2D eigenvalue weighted by molar-refractivity contribution is -0.137. The second-order valence-electron chi connectivity index (χ2n) is 10.3. The van der Waals surface area contributed by atoms with Gasteiger partial charge in [0.25, 0.3) is 0 Å². The van der Waals surface area contributed by atoms with Crippen molar-refractivity contribution in [3.63, 3.8) is 0 Å². The molecule has 212 valence electrons. The van der Waals surface area contributed by atoms with Crippen LogP contribution in [0.15, 0.2) is 45.5 Å². The van der Waals surface area contributed by atoms with Crippen LogP contribution in [0.5, 0.6) is 0 Å². The zero-order valence-electron chi connectivity index (χ0n) is 22.1. The Bertz CT molecular complexity index is 1790. The molecular weight excluding hydrogens is 534 g/mol. The molecule has 0 saturated carbocycles. The van der Waals surface area contributed by atoms with Gasteiger partial charge in [-0.2, -0.15) is 26.3 Å². The van der Waals surface area contributed by atoms with E-state index >= 15 is 0 Å². The smallest absolute Gasteiger partial charge is 0.341 e. The Balaban J connectivity index is 1.93. The number of halogens is 6. The molecule has 1 aliphatic rings. The first kappa shape index (κ1) is 28.0. The van der Waals surface area contributed by atoms with Crippen LogP contribution in [-0.4, -0.2) is 15.3 Å². The van der Waals surface area contributed by atoms with Crippen molar-refractivity contribution in [2.24, 2.45) is 0 Å². The van der Waals surface area contributed by atoms with E-state index in [0.717, 1.165) is 31.1 Å². The molecule has 2 aromatic heterocycles. The fourth-order valence-electron chi connectivity index (χ4n) is 5.60. The van der Waals surface area contributed by atoms with Gasteiger partial charge in [-0.25, -0.2) is 0 Å². The number of pyridine rings is 2. The fourth-order valence-corrected chi connectivity index (χ4v) is 5.60. The summed E-state index contributed by atoms with van der Waals surface area (Å²) in [6.45, 7) is 4.54. The molecule has 2 heterocycles. The summed E-state index contributed by atoms with van der Waals surface area (Å²) in [6.07, 6.45) is -5.73. The van der Waals surface area contributed by atoms with Gasteiger partial charge in [0, 0.05) is 46.1 Å². The lowest BCUT2D eigenvalue weighted by Gasteiger charge is -2.25. The van der Waals surface area contributed by atoms with Crippen molar-refractivity contribution >= 4 is 38.8 Å². The number of nitrogens with zero attached hydrogens (tertiary/aromatic N) is 2. The second-order valence-corrected chi connectivity index (χ2v) is 10.3. The zero-order chi connectivity index (χ0) is 29.0. The number of unbranched alkanes of at least 4 members (excludes halogenated alkanes) is 2. The van der Waals surface area contributed by atoms with Gasteiger partial charge >= 0.3 is 12.4 Å². The van der Waals surface area contributed by atoms with Crippen LogP contribution in [-0.2, 0) is 25.7 Å². The third-order valence-electron chi connectivity index (χ3n) is 7.71. The van der Waals surface area contributed by atoms with E-state index in [0.29, 0.717) is 37.0 Å². The summed E-state index contributed by atoms with van der Waals surface area (Å²) in [5, 5.41) is 0.550. The number of aryl methyl sites for hydroxylation is 2. The molecule has 0 radical (unpaired) electrons. The van der Waals surface area contributed by atoms with Crippen molar-refractivity contribution in [3.05, 3.63) is 73.2 Å². The summed E-state index contributed by atoms with van der Waals surface area (Å²) >= 11 is 0. The SMILES string of the molecule is CCCCn1c2c(c(=O)c3cc4c(cc31)c(=O)c1ccc(C(F)(F)F)cc1n4CCCC)CCC(C(F)(F)F)=C2. The minimum Gasteiger partial charge on any atom is -0.341 e. The van der Waals surface area contributed by atoms with Crippen LogP contribution >= 0.6 is 0 Å². The predicted octanol–water partition coefficient (Wildman–Crippen LogP) is 7.98. The molecule has 0 bridgehead atoms. The third kappa shape index (κ3) is 4.71. The minimum absolute atomic E-state index is 0.0745. The molecule has 0 amide bonds. The van der Waals surface area contributed by atoms with Crippen LogP contribution in [0.3, 0.4) is 0 Å². The molecule has 1 aliphatic carbocycles. The number of aromatic nitrogens is 2. The van der Waals surface area contributed by atoms with E-state index in [-0.39, 0.29) is 45.8 Å². The standard InChI is InChI=1S/C30H28F6N2O2/c1-3-5-11-37-23-13-17(29(31,32)33)7-9-19(23)27(39)21-16-26-22(15-25(21)37)28(40)20-10-8-18(30(34,35)36)14-24(20)38(26)12-6-4-2/h7,9,13-16H,3-6,8,10-12H2,1-2H3. The average Bonchev–Trinajstić information content (AvgIpc) is 2.91. The van der Waals surface area contributed by atoms with Gasteiger partial charge < -0.3 is 9.13 Å². The number of hydrogen-bond acceptors (Lipinski definition) is 2. The molecule has 40 heavy (non-hydrogen) atoms. The quantitative estimate of drug-likeness (QED) is 0.177. The van der Waals surface area contributed by atoms with Gasteiger partial charge in [-0.1, -0.05) is 26.7 Å². The Morgan fingerprint density at radius 2 is 1.27 bits per heavy atom. The van der Waals surface area contributed by atoms with E-state index in [2.05, 4.69) is 0 Å². The van der Waals surface area contributed by atoms with Crippen molar-refractivity contribution < 1.29 is 26.3 Å². The Kier molecular flexibility index (Phi) is 7.08. The van der Waals surface area contributed by atoms with Crippen molar-refractivity contribution in [1.29, 1.82) is 0 Å². The minimum atomic E-state index is -4.60. The number of hydrogen-bond donors (Lipinski definition) is 0. The number of allylic oxidation sites excluding steroid dienone is 1. The van der Waals surface area contributed by atoms with Gasteiger partial charge in [-0.05, 0) is 62.1 Å². The van der Waals surface area contributed by atoms with E-state index in [9.17, 15) is 35.9 Å². The molecule has 4 nitrogen and oxygen atoms in total. The zero-order valence-corrected chi connectivity index (χ0v) is 22.1. The maximum atomic E-state index is 13.7. The van der Waals surface area contributed by atoms with Gasteiger partial charge in [0.2, 0.25) is 0 Å². The molecular formula is C30H28F6N2O2. The molecule has 2 aromatic carbocycles. The Hall–Kier alpha value is -3.56. The lowest BCUT2D eigenvalue weighted by atomic mass is 9.92. The van der Waals surface area contributed by atoms with Crippen LogP contribution in [0.1, 0.15) is 62.8 Å². The summed E-state index contributed by atoms with van der Waals surface area (Å²) in [5.41, 5.74) is -1.23. The summed E-state index contributed by atoms with van der Waals surface area (Å²) < 4.78 is 84.9. The molecule has 0 aliphatic heterocycles. The Morgan fingerprint density at radius 1 is 0.700 bits per heavy atom. The molecule has 4 aromatic rings. The summed E-state index contributed by atoms with van der Waals surface area (Å²) in [4.78, 5) is 27.4. The summed E-state index contributed by atoms with van der Waals surface area (Å²) in [5.74, 6) is 0. The van der Waals surface area contributed by atoms with Crippen molar-refractivity contribution in [2.75, 3.05) is 0 Å². The molecule has 10 heteroatoms. The lowest BCUT2D eigenvalue weighted by Crippen LogP contribution is -2.25. The van der Waals surface area contributed by atoms with E-state index in [1.54, 1.807) is 9.13 Å². The molecule has 0 N–H and O–H groups in total. The second kappa shape index (κ2) is 10.1. The van der Waals surface area contributed by atoms with Gasteiger partial charge in [-0.15, -0.1) is 0 Å². The highest BCUT2D eigenvalue weighted by molar-refractivity contribution is 6.01. The van der Waals surface area contributed by atoms with Crippen LogP contribution in [0.4, 0.5) is 26.3 Å². The molecule has 0 atom stereocenters. The highest BCUT2D eigenvalue weighted by atomic mass is 19.4. The van der Waals surface area contributed by atoms with E-state index in [4.69, 9.17) is 0 Å². The molecule has 5 rings (SSSR count). The first-order chi connectivity index (χ1) is 18.9. The van der Waals surface area contributed by atoms with Crippen molar-refractivity contribution in [2.45, 2.75) is 77.8 Å². The molecule has 0 fully saturated rings. The largest absolute Gasteiger partial charge is 0.416 e. The van der Waals surface area contributed by atoms with E-state index in [1.165, 1.54) is 18.2 Å². The van der Waals surface area contributed by atoms with Gasteiger partial charge in [-0.3, -0.25) is 9.59 Å². The average molecular weight is 563 g/mol. The highest BCUT2D eigenvalue weighted by Gasteiger charge is 2.36. The van der Waals surface area contributed by atoms with Crippen molar-refractivity contribution in [3.8, 4) is 0 Å². The Morgan fingerprint density at radius 3 is 1.88 bits per heavy atom. The first-order valence-electron chi connectivity index (χ1n) is 13.4. The predicted molar refractivity (Wildman–Crippen MR) is 145 cm³/mol. The number of alkyl halides is 6. The number of rotatable bonds is 6. The molecule has 0 saturated heterocycles. The van der Waals surface area contributed by atoms with Crippen LogP contribution in [0.25, 0.3) is 38.8 Å². The van der Waals surface area contributed by atoms with Gasteiger partial charge in [0.1, 0.15) is 0 Å². The number of benzene rings is 2. The topological polar surface area (TPSA) is 44.0 Å². The molecule has 0 spiro atoms. The third-order valence-corrected chi connectivity index (χ3v) is 7.71. The summed E-state index contributed by atoms with van der Waals surface area (Å²) in [6, 6.07) is 6.07. The van der Waals surface area contributed by atoms with Crippen LogP contribution in [0.2, 0.25) is 0 Å². The Labute approximate surface area is 225 Å². The maximum absolute atomic E-state index is 13.7. The van der Waals surface area contributed by atoms with Crippen LogP contribution in [0, 0.1) is 0 Å². The summed E-state index contributed by atoms with van der Waals surface area (Å²) in [7, 11) is 0. The van der Waals surface area contributed by atoms with E-state index < -0.39 is 34.3 Å². The van der Waals surface area contributed by atoms with E-state index in [1.807, 2.05) is 13.8 Å². The number of fused-ring (bicyclic) bond motifs is 4. The molecule has 0 unspecified atom stereocenters.